The van der Waals surface area contributed by atoms with Crippen molar-refractivity contribution in [3.63, 3.8) is 0 Å². The molecule has 0 saturated carbocycles. The Labute approximate surface area is 144 Å². The number of amides is 1. The van der Waals surface area contributed by atoms with Crippen LogP contribution in [0.4, 0.5) is 5.69 Å². The molecule has 1 saturated heterocycles. The Morgan fingerprint density at radius 3 is 2.68 bits per heavy atom. The molecule has 0 atom stereocenters. The second-order valence-corrected chi connectivity index (χ2v) is 7.56. The molecule has 8 nitrogen and oxygen atoms in total. The second-order valence-electron chi connectivity index (χ2n) is 5.55. The van der Waals surface area contributed by atoms with Crippen molar-refractivity contribution in [1.82, 2.24) is 5.32 Å². The molecule has 0 radical (unpaired) electrons. The van der Waals surface area contributed by atoms with Gasteiger partial charge in [-0.2, -0.15) is 0 Å². The Bertz CT molecular complexity index is 918. The number of nitrogens with one attached hydrogen (secondary N) is 1. The molecule has 3 rings (SSSR count). The number of sulfonamides is 1. The molecule has 0 aliphatic carbocycles. The van der Waals surface area contributed by atoms with Crippen LogP contribution in [0.5, 0.6) is 0 Å². The van der Waals surface area contributed by atoms with Gasteiger partial charge in [0.05, 0.1) is 18.0 Å². The van der Waals surface area contributed by atoms with E-state index in [2.05, 4.69) is 5.32 Å². The van der Waals surface area contributed by atoms with Gasteiger partial charge in [0.1, 0.15) is 5.76 Å². The van der Waals surface area contributed by atoms with E-state index in [-0.39, 0.29) is 18.1 Å². The van der Waals surface area contributed by atoms with Crippen LogP contribution in [0.1, 0.15) is 33.1 Å². The summed E-state index contributed by atoms with van der Waals surface area (Å²) in [5.74, 6) is -1.38. The minimum absolute atomic E-state index is 0.0261. The molecule has 1 fully saturated rings. The van der Waals surface area contributed by atoms with Gasteiger partial charge in [0.25, 0.3) is 5.91 Å². The lowest BCUT2D eigenvalue weighted by Gasteiger charge is -2.17. The first-order chi connectivity index (χ1) is 11.9. The van der Waals surface area contributed by atoms with Gasteiger partial charge in [-0.05, 0) is 36.8 Å². The SMILES string of the molecule is O=C(NCc1ccc(C(=O)O)o1)c1cccc(N2CCCS2(=O)=O)c1. The minimum Gasteiger partial charge on any atom is -0.475 e. The molecule has 1 aromatic heterocycles. The zero-order chi connectivity index (χ0) is 18.0. The van der Waals surface area contributed by atoms with Crippen molar-refractivity contribution in [2.24, 2.45) is 0 Å². The molecule has 1 aromatic carbocycles. The van der Waals surface area contributed by atoms with E-state index in [9.17, 15) is 18.0 Å². The third-order valence-corrected chi connectivity index (χ3v) is 5.66. The van der Waals surface area contributed by atoms with Gasteiger partial charge in [0, 0.05) is 12.1 Å². The summed E-state index contributed by atoms with van der Waals surface area (Å²) in [4.78, 5) is 23.0. The van der Waals surface area contributed by atoms with Gasteiger partial charge in [-0.15, -0.1) is 0 Å². The lowest BCUT2D eigenvalue weighted by Crippen LogP contribution is -2.26. The largest absolute Gasteiger partial charge is 0.475 e. The van der Waals surface area contributed by atoms with Gasteiger partial charge in [0.2, 0.25) is 15.8 Å². The van der Waals surface area contributed by atoms with Gasteiger partial charge in [-0.25, -0.2) is 13.2 Å². The van der Waals surface area contributed by atoms with Crippen LogP contribution in [0.2, 0.25) is 0 Å². The molecule has 1 aliphatic rings. The van der Waals surface area contributed by atoms with Crippen molar-refractivity contribution in [3.8, 4) is 0 Å². The summed E-state index contributed by atoms with van der Waals surface area (Å²) in [5.41, 5.74) is 0.765. The Morgan fingerprint density at radius 2 is 2.04 bits per heavy atom. The highest BCUT2D eigenvalue weighted by atomic mass is 32.2. The van der Waals surface area contributed by atoms with Crippen molar-refractivity contribution < 1.29 is 27.5 Å². The first-order valence-electron chi connectivity index (χ1n) is 7.57. The van der Waals surface area contributed by atoms with E-state index in [0.29, 0.717) is 30.0 Å². The number of hydrogen-bond donors (Lipinski definition) is 2. The van der Waals surface area contributed by atoms with Crippen LogP contribution < -0.4 is 9.62 Å². The summed E-state index contributed by atoms with van der Waals surface area (Å²) in [6.07, 6.45) is 0.559. The Hall–Kier alpha value is -2.81. The standard InChI is InChI=1S/C16H16N2O6S/c19-15(17-10-13-5-6-14(24-13)16(20)21)11-3-1-4-12(9-11)18-7-2-8-25(18,22)23/h1,3-6,9H,2,7-8,10H2,(H,17,19)(H,20,21). The molecule has 0 bridgehead atoms. The minimum atomic E-state index is -3.31. The monoisotopic (exact) mass is 364 g/mol. The number of furan rings is 1. The summed E-state index contributed by atoms with van der Waals surface area (Å²) in [5, 5.41) is 11.4. The van der Waals surface area contributed by atoms with Crippen molar-refractivity contribution in [1.29, 1.82) is 0 Å². The van der Waals surface area contributed by atoms with Crippen LogP contribution in [0.25, 0.3) is 0 Å². The summed E-state index contributed by atoms with van der Waals surface area (Å²) in [6.45, 7) is 0.427. The smallest absolute Gasteiger partial charge is 0.371 e. The molecule has 0 unspecified atom stereocenters. The fourth-order valence-electron chi connectivity index (χ4n) is 2.59. The lowest BCUT2D eigenvalue weighted by molar-refractivity contribution is 0.0660. The predicted molar refractivity (Wildman–Crippen MR) is 89.0 cm³/mol. The highest BCUT2D eigenvalue weighted by Gasteiger charge is 2.28. The van der Waals surface area contributed by atoms with Crippen LogP contribution in [-0.2, 0) is 16.6 Å². The molecule has 2 heterocycles. The van der Waals surface area contributed by atoms with Crippen LogP contribution in [0.3, 0.4) is 0 Å². The zero-order valence-corrected chi connectivity index (χ0v) is 14.0. The highest BCUT2D eigenvalue weighted by Crippen LogP contribution is 2.24. The fourth-order valence-corrected chi connectivity index (χ4v) is 4.15. The van der Waals surface area contributed by atoms with Crippen LogP contribution in [0.15, 0.2) is 40.8 Å². The summed E-state index contributed by atoms with van der Waals surface area (Å²) >= 11 is 0. The molecule has 2 N–H and O–H groups in total. The van der Waals surface area contributed by atoms with Crippen LogP contribution in [0, 0.1) is 0 Å². The van der Waals surface area contributed by atoms with Crippen molar-refractivity contribution in [2.75, 3.05) is 16.6 Å². The molecular formula is C16H16N2O6S. The number of rotatable bonds is 5. The number of anilines is 1. The summed E-state index contributed by atoms with van der Waals surface area (Å²) < 4.78 is 30.3. The number of carbonyl (C=O) groups excluding carboxylic acids is 1. The molecule has 2 aromatic rings. The number of carboxylic acid groups (broad SMARTS) is 1. The van der Waals surface area contributed by atoms with Crippen molar-refractivity contribution in [2.45, 2.75) is 13.0 Å². The zero-order valence-electron chi connectivity index (χ0n) is 13.1. The molecule has 25 heavy (non-hydrogen) atoms. The summed E-state index contributed by atoms with van der Waals surface area (Å²) in [7, 11) is -3.31. The summed E-state index contributed by atoms with van der Waals surface area (Å²) in [6, 6.07) is 9.13. The fraction of sp³-hybridized carbons (Fsp3) is 0.250. The van der Waals surface area contributed by atoms with Crippen LogP contribution in [-0.4, -0.2) is 37.7 Å². The van der Waals surface area contributed by atoms with Crippen molar-refractivity contribution in [3.05, 3.63) is 53.5 Å². The first-order valence-corrected chi connectivity index (χ1v) is 9.18. The Balaban J connectivity index is 1.70. The van der Waals surface area contributed by atoms with Crippen LogP contribution >= 0.6 is 0 Å². The number of carboxylic acids is 1. The number of aromatic carboxylic acids is 1. The number of hydrogen-bond acceptors (Lipinski definition) is 5. The van der Waals surface area contributed by atoms with E-state index in [1.165, 1.54) is 22.5 Å². The van der Waals surface area contributed by atoms with E-state index in [1.807, 2.05) is 0 Å². The average molecular weight is 364 g/mol. The molecule has 0 spiro atoms. The number of nitrogens with zero attached hydrogens (tertiary/aromatic N) is 1. The van der Waals surface area contributed by atoms with Gasteiger partial charge in [-0.1, -0.05) is 6.07 Å². The van der Waals surface area contributed by atoms with Gasteiger partial charge in [0.15, 0.2) is 0 Å². The van der Waals surface area contributed by atoms with Crippen molar-refractivity contribution >= 4 is 27.6 Å². The molecular weight excluding hydrogens is 348 g/mol. The van der Waals surface area contributed by atoms with Gasteiger partial charge < -0.3 is 14.8 Å². The van der Waals surface area contributed by atoms with E-state index in [4.69, 9.17) is 9.52 Å². The van der Waals surface area contributed by atoms with E-state index in [1.54, 1.807) is 18.2 Å². The van der Waals surface area contributed by atoms with E-state index < -0.39 is 21.9 Å². The normalized spacial score (nSPS) is 15.9. The van der Waals surface area contributed by atoms with E-state index >= 15 is 0 Å². The van der Waals surface area contributed by atoms with Gasteiger partial charge >= 0.3 is 5.97 Å². The first kappa shape index (κ1) is 17.0. The quantitative estimate of drug-likeness (QED) is 0.829. The molecule has 132 valence electrons. The maximum atomic E-state index is 12.3. The molecule has 1 amide bonds. The third kappa shape index (κ3) is 3.66. The predicted octanol–water partition coefficient (Wildman–Crippen LogP) is 1.45. The number of carbonyl (C=O) groups is 2. The Kier molecular flexibility index (Phi) is 4.49. The van der Waals surface area contributed by atoms with E-state index in [0.717, 1.165) is 0 Å². The Morgan fingerprint density at radius 1 is 1.24 bits per heavy atom. The maximum absolute atomic E-state index is 12.3. The maximum Gasteiger partial charge on any atom is 0.371 e. The topological polar surface area (TPSA) is 117 Å². The van der Waals surface area contributed by atoms with Gasteiger partial charge in [-0.3, -0.25) is 9.10 Å². The highest BCUT2D eigenvalue weighted by molar-refractivity contribution is 7.93. The average Bonchev–Trinajstić information content (AvgIpc) is 3.19. The lowest BCUT2D eigenvalue weighted by atomic mass is 10.2. The number of benzene rings is 1. The third-order valence-electron chi connectivity index (χ3n) is 3.79. The second kappa shape index (κ2) is 6.60. The molecule has 1 aliphatic heterocycles. The molecule has 9 heteroatoms.